The Hall–Kier alpha value is -0.650. The summed E-state index contributed by atoms with van der Waals surface area (Å²) in [4.78, 5) is 13.2. The van der Waals surface area contributed by atoms with Gasteiger partial charge in [0.15, 0.2) is 0 Å². The summed E-state index contributed by atoms with van der Waals surface area (Å²) in [5, 5.41) is 9.47. The Morgan fingerprint density at radius 2 is 1.16 bits per heavy atom. The zero-order valence-corrected chi connectivity index (χ0v) is 16.9. The van der Waals surface area contributed by atoms with Crippen LogP contribution in [0, 0.1) is 0 Å². The van der Waals surface area contributed by atoms with Crippen molar-refractivity contribution in [1.82, 2.24) is 4.90 Å². The summed E-state index contributed by atoms with van der Waals surface area (Å²) in [5.74, 6) is -0.822. The third-order valence-electron chi connectivity index (χ3n) is 4.92. The lowest BCUT2D eigenvalue weighted by atomic mass is 10.0. The quantitative estimate of drug-likeness (QED) is 0.264. The van der Waals surface area contributed by atoms with Crippen molar-refractivity contribution in [3.05, 3.63) is 0 Å². The van der Waals surface area contributed by atoms with Crippen molar-refractivity contribution in [2.75, 3.05) is 0 Å². The maximum Gasteiger partial charge on any atom is 0.321 e. The molecule has 0 amide bonds. The predicted octanol–water partition coefficient (Wildman–Crippen LogP) is 4.44. The van der Waals surface area contributed by atoms with E-state index in [4.69, 9.17) is 11.5 Å². The molecule has 0 bridgehead atoms. The van der Waals surface area contributed by atoms with Gasteiger partial charge in [-0.05, 0) is 20.3 Å². The smallest absolute Gasteiger partial charge is 0.321 e. The summed E-state index contributed by atoms with van der Waals surface area (Å²) in [5.41, 5.74) is 11.8. The topological polar surface area (TPSA) is 92.6 Å². The Morgan fingerprint density at radius 1 is 0.800 bits per heavy atom. The minimum absolute atomic E-state index is 0.349. The highest BCUT2D eigenvalue weighted by Gasteiger charge is 2.29. The highest BCUT2D eigenvalue weighted by atomic mass is 16.4. The van der Waals surface area contributed by atoms with E-state index in [-0.39, 0.29) is 12.3 Å². The Bertz CT molecular complexity index is 314. The number of unbranched alkanes of at least 4 members (excludes halogenated alkanes) is 11. The fraction of sp³-hybridized carbons (Fsp3) is 0.950. The number of hydrogen-bond donors (Lipinski definition) is 3. The first-order chi connectivity index (χ1) is 11.9. The van der Waals surface area contributed by atoms with Gasteiger partial charge in [-0.15, -0.1) is 0 Å². The maximum atomic E-state index is 11.5. The Kier molecular flexibility index (Phi) is 15.2. The van der Waals surface area contributed by atoms with E-state index >= 15 is 0 Å². The fourth-order valence-electron chi connectivity index (χ4n) is 3.52. The van der Waals surface area contributed by atoms with Gasteiger partial charge in [0.25, 0.3) is 0 Å². The largest absolute Gasteiger partial charge is 0.480 e. The van der Waals surface area contributed by atoms with E-state index in [2.05, 4.69) is 6.92 Å². The highest BCUT2D eigenvalue weighted by Crippen LogP contribution is 2.16. The van der Waals surface area contributed by atoms with Crippen LogP contribution in [0.4, 0.5) is 0 Å². The Balaban J connectivity index is 3.75. The number of hydrogen-bond acceptors (Lipinski definition) is 4. The number of nitrogens with two attached hydrogens (primary N) is 2. The molecule has 5 heteroatoms. The summed E-state index contributed by atoms with van der Waals surface area (Å²) in [6.07, 6.45) is 15.2. The van der Waals surface area contributed by atoms with Crippen LogP contribution >= 0.6 is 0 Å². The molecule has 0 rings (SSSR count). The van der Waals surface area contributed by atoms with Crippen LogP contribution in [0.25, 0.3) is 0 Å². The van der Waals surface area contributed by atoms with Crippen LogP contribution in [0.2, 0.25) is 0 Å². The van der Waals surface area contributed by atoms with Crippen LogP contribution in [0.1, 0.15) is 104 Å². The summed E-state index contributed by atoms with van der Waals surface area (Å²) in [6, 6.07) is -0.580. The van der Waals surface area contributed by atoms with Gasteiger partial charge >= 0.3 is 5.97 Å². The van der Waals surface area contributed by atoms with Crippen molar-refractivity contribution in [2.45, 2.75) is 123 Å². The Morgan fingerprint density at radius 3 is 1.48 bits per heavy atom. The summed E-state index contributed by atoms with van der Waals surface area (Å²) >= 11 is 0. The molecular formula is C20H43N3O2. The normalized spacial score (nSPS) is 15.3. The molecule has 0 heterocycles. The second-order valence-electron chi connectivity index (χ2n) is 7.46. The summed E-state index contributed by atoms with van der Waals surface area (Å²) < 4.78 is 0. The average molecular weight is 358 g/mol. The second kappa shape index (κ2) is 15.6. The molecule has 0 saturated heterocycles. The molecule has 150 valence electrons. The molecule has 0 fully saturated rings. The van der Waals surface area contributed by atoms with Crippen LogP contribution < -0.4 is 11.5 Å². The number of rotatable bonds is 17. The molecule has 0 aromatic carbocycles. The van der Waals surface area contributed by atoms with E-state index in [0.717, 1.165) is 12.8 Å². The van der Waals surface area contributed by atoms with Crippen molar-refractivity contribution >= 4 is 5.97 Å². The monoisotopic (exact) mass is 357 g/mol. The number of carboxylic acid groups (broad SMARTS) is 1. The van der Waals surface area contributed by atoms with E-state index in [1.165, 1.54) is 64.2 Å². The fourth-order valence-corrected chi connectivity index (χ4v) is 3.52. The van der Waals surface area contributed by atoms with Crippen molar-refractivity contribution in [1.29, 1.82) is 0 Å². The molecule has 0 spiro atoms. The molecule has 0 aromatic heterocycles. The number of carboxylic acids is 1. The first-order valence-corrected chi connectivity index (χ1v) is 10.4. The molecule has 3 unspecified atom stereocenters. The average Bonchev–Trinajstić information content (AvgIpc) is 2.53. The molecule has 5 nitrogen and oxygen atoms in total. The van der Waals surface area contributed by atoms with Gasteiger partial charge in [0.05, 0.1) is 12.3 Å². The zero-order valence-electron chi connectivity index (χ0n) is 16.9. The zero-order chi connectivity index (χ0) is 19.1. The van der Waals surface area contributed by atoms with Gasteiger partial charge in [0, 0.05) is 0 Å². The predicted molar refractivity (Wildman–Crippen MR) is 106 cm³/mol. The van der Waals surface area contributed by atoms with Crippen LogP contribution in [0.15, 0.2) is 0 Å². The van der Waals surface area contributed by atoms with Crippen molar-refractivity contribution < 1.29 is 9.90 Å². The molecular weight excluding hydrogens is 314 g/mol. The van der Waals surface area contributed by atoms with Gasteiger partial charge < -0.3 is 16.6 Å². The number of carbonyl (C=O) groups is 1. The molecule has 0 radical (unpaired) electrons. The standard InChI is InChI=1S/C20H43N3O2/c1-4-5-6-7-8-9-10-11-12-13-14-15-16-19(20(24)25)23(17(2)21)18(3)22/h17-19H,4-16,21-22H2,1-3H3,(H,24,25). The van der Waals surface area contributed by atoms with Crippen LogP contribution in [0.3, 0.4) is 0 Å². The lowest BCUT2D eigenvalue weighted by Gasteiger charge is -2.35. The first-order valence-electron chi connectivity index (χ1n) is 10.4. The minimum atomic E-state index is -0.822. The molecule has 3 atom stereocenters. The van der Waals surface area contributed by atoms with E-state index in [1.807, 2.05) is 0 Å². The molecule has 0 aromatic rings. The lowest BCUT2D eigenvalue weighted by molar-refractivity contribution is -0.145. The maximum absolute atomic E-state index is 11.5. The van der Waals surface area contributed by atoms with E-state index in [9.17, 15) is 9.90 Å². The SMILES string of the molecule is CCCCCCCCCCCCCCC(C(=O)O)N(C(C)N)C(C)N. The van der Waals surface area contributed by atoms with E-state index in [1.54, 1.807) is 18.7 Å². The second-order valence-corrected chi connectivity index (χ2v) is 7.46. The summed E-state index contributed by atoms with van der Waals surface area (Å²) in [7, 11) is 0. The minimum Gasteiger partial charge on any atom is -0.480 e. The third-order valence-corrected chi connectivity index (χ3v) is 4.92. The van der Waals surface area contributed by atoms with Crippen molar-refractivity contribution in [2.24, 2.45) is 11.5 Å². The highest BCUT2D eigenvalue weighted by molar-refractivity contribution is 5.73. The number of aliphatic carboxylic acids is 1. The molecule has 5 N–H and O–H groups in total. The van der Waals surface area contributed by atoms with Crippen LogP contribution in [0.5, 0.6) is 0 Å². The van der Waals surface area contributed by atoms with Gasteiger partial charge in [0.2, 0.25) is 0 Å². The van der Waals surface area contributed by atoms with Gasteiger partial charge in [-0.1, -0.05) is 84.0 Å². The third kappa shape index (κ3) is 12.4. The van der Waals surface area contributed by atoms with Gasteiger partial charge in [0.1, 0.15) is 6.04 Å². The van der Waals surface area contributed by atoms with Crippen LogP contribution in [-0.2, 0) is 4.79 Å². The molecule has 0 aliphatic heterocycles. The Labute approximate surface area is 155 Å². The van der Waals surface area contributed by atoms with Crippen molar-refractivity contribution in [3.63, 3.8) is 0 Å². The van der Waals surface area contributed by atoms with E-state index < -0.39 is 12.0 Å². The van der Waals surface area contributed by atoms with Gasteiger partial charge in [-0.3, -0.25) is 9.69 Å². The lowest BCUT2D eigenvalue weighted by Crippen LogP contribution is -2.57. The van der Waals surface area contributed by atoms with Gasteiger partial charge in [-0.2, -0.15) is 0 Å². The molecule has 0 saturated carbocycles. The first kappa shape index (κ1) is 24.4. The van der Waals surface area contributed by atoms with E-state index in [0.29, 0.717) is 6.42 Å². The van der Waals surface area contributed by atoms with Crippen LogP contribution in [-0.4, -0.2) is 34.3 Å². The van der Waals surface area contributed by atoms with Gasteiger partial charge in [-0.25, -0.2) is 0 Å². The molecule has 0 aliphatic rings. The number of nitrogens with zero attached hydrogens (tertiary/aromatic N) is 1. The van der Waals surface area contributed by atoms with Crippen molar-refractivity contribution in [3.8, 4) is 0 Å². The molecule has 25 heavy (non-hydrogen) atoms. The molecule has 0 aliphatic carbocycles. The summed E-state index contributed by atoms with van der Waals surface area (Å²) in [6.45, 7) is 5.84.